The quantitative estimate of drug-likeness (QED) is 0.363. The van der Waals surface area contributed by atoms with Crippen LogP contribution in [-0.4, -0.2) is 20.0 Å². The van der Waals surface area contributed by atoms with E-state index in [9.17, 15) is 4.39 Å². The number of aryl methyl sites for hydroxylation is 1. The molecule has 0 bridgehead atoms. The highest BCUT2D eigenvalue weighted by atomic mass is 35.5. The zero-order valence-electron chi connectivity index (χ0n) is 16.6. The van der Waals surface area contributed by atoms with Crippen LogP contribution in [0.5, 0.6) is 0 Å². The molecule has 0 unspecified atom stereocenters. The van der Waals surface area contributed by atoms with Crippen LogP contribution in [0.3, 0.4) is 0 Å². The van der Waals surface area contributed by atoms with Gasteiger partial charge in [-0.05, 0) is 79.2 Å². The topological polar surface area (TPSA) is 55.6 Å². The summed E-state index contributed by atoms with van der Waals surface area (Å²) in [6, 6.07) is 21.8. The van der Waals surface area contributed by atoms with E-state index in [1.54, 1.807) is 23.0 Å². The van der Waals surface area contributed by atoms with Gasteiger partial charge in [0.1, 0.15) is 11.5 Å². The Labute approximate surface area is 183 Å². The number of benzene rings is 3. The molecule has 152 valence electrons. The predicted octanol–water partition coefficient (Wildman–Crippen LogP) is 6.33. The number of hydrogen-bond acceptors (Lipinski definition) is 4. The molecular weight excluding hydrogens is 413 g/mol. The minimum Gasteiger partial charge on any atom is -0.355 e. The fourth-order valence-electron chi connectivity index (χ4n) is 3.47. The Balaban J connectivity index is 1.48. The third-order valence-electron chi connectivity index (χ3n) is 4.90. The summed E-state index contributed by atoms with van der Waals surface area (Å²) < 4.78 is 14.8. The van der Waals surface area contributed by atoms with Crippen molar-refractivity contribution in [2.24, 2.45) is 0 Å². The summed E-state index contributed by atoms with van der Waals surface area (Å²) in [5.74, 6) is -0.294. The van der Waals surface area contributed by atoms with E-state index in [0.29, 0.717) is 16.4 Å². The van der Waals surface area contributed by atoms with Gasteiger partial charge in [0, 0.05) is 21.8 Å². The molecule has 0 saturated heterocycles. The maximum atomic E-state index is 13.2. The molecule has 31 heavy (non-hydrogen) atoms. The predicted molar refractivity (Wildman–Crippen MR) is 122 cm³/mol. The second-order valence-electron chi connectivity index (χ2n) is 7.24. The molecule has 0 fully saturated rings. The number of pyridine rings is 1. The summed E-state index contributed by atoms with van der Waals surface area (Å²) in [6.45, 7) is 2.01. The number of rotatable bonds is 4. The Kier molecular flexibility index (Phi) is 4.84. The molecule has 0 aliphatic heterocycles. The normalized spacial score (nSPS) is 11.1. The summed E-state index contributed by atoms with van der Waals surface area (Å²) in [5, 5.41) is 13.5. The monoisotopic (exact) mass is 429 g/mol. The molecule has 1 N–H and O–H groups in total. The van der Waals surface area contributed by atoms with Gasteiger partial charge in [0.25, 0.3) is 0 Å². The zero-order valence-corrected chi connectivity index (χ0v) is 17.3. The van der Waals surface area contributed by atoms with Crippen LogP contribution in [0.15, 0.2) is 79.0 Å². The van der Waals surface area contributed by atoms with Crippen LogP contribution in [0.25, 0.3) is 28.0 Å². The standard InChI is InChI=1S/C24H17ClFN5/c1-15-11-16(25)13-18(12-15)27-21-3-2-4-22-20(21)9-10-23(28-22)24-14-31(30-29-24)19-7-5-17(26)6-8-19/h2-14,27H,1H3. The van der Waals surface area contributed by atoms with Crippen LogP contribution in [0.1, 0.15) is 5.56 Å². The first kappa shape index (κ1) is 19.2. The van der Waals surface area contributed by atoms with E-state index < -0.39 is 0 Å². The van der Waals surface area contributed by atoms with Crippen LogP contribution in [0, 0.1) is 12.7 Å². The molecule has 0 amide bonds. The van der Waals surface area contributed by atoms with Gasteiger partial charge in [-0.1, -0.05) is 22.9 Å². The molecule has 0 atom stereocenters. The molecule has 7 heteroatoms. The lowest BCUT2D eigenvalue weighted by atomic mass is 10.1. The first-order valence-corrected chi connectivity index (χ1v) is 10.1. The fraction of sp³-hybridized carbons (Fsp3) is 0.0417. The lowest BCUT2D eigenvalue weighted by Crippen LogP contribution is -1.94. The van der Waals surface area contributed by atoms with Gasteiger partial charge in [0.2, 0.25) is 0 Å². The molecule has 0 spiro atoms. The molecule has 0 aliphatic rings. The molecule has 0 aliphatic carbocycles. The maximum absolute atomic E-state index is 13.2. The summed E-state index contributed by atoms with van der Waals surface area (Å²) >= 11 is 6.19. The molecule has 5 rings (SSSR count). The SMILES string of the molecule is Cc1cc(Cl)cc(Nc2cccc3nc(-c4cn(-c5ccc(F)cc5)nn4)ccc23)c1. The molecule has 0 saturated carbocycles. The number of fused-ring (bicyclic) bond motifs is 1. The van der Waals surface area contributed by atoms with Crippen molar-refractivity contribution in [3.05, 3.63) is 95.4 Å². The van der Waals surface area contributed by atoms with Crippen molar-refractivity contribution in [2.75, 3.05) is 5.32 Å². The summed E-state index contributed by atoms with van der Waals surface area (Å²) in [6.07, 6.45) is 1.78. The van der Waals surface area contributed by atoms with Crippen LogP contribution in [0.4, 0.5) is 15.8 Å². The highest BCUT2D eigenvalue weighted by molar-refractivity contribution is 6.31. The Morgan fingerprint density at radius 2 is 1.77 bits per heavy atom. The number of anilines is 2. The fourth-order valence-corrected chi connectivity index (χ4v) is 3.76. The number of hydrogen-bond donors (Lipinski definition) is 1. The molecular formula is C24H17ClFN5. The molecule has 5 aromatic rings. The van der Waals surface area contributed by atoms with E-state index in [1.165, 1.54) is 12.1 Å². The van der Waals surface area contributed by atoms with Crippen molar-refractivity contribution in [3.63, 3.8) is 0 Å². The van der Waals surface area contributed by atoms with Crippen LogP contribution >= 0.6 is 11.6 Å². The average molecular weight is 430 g/mol. The number of aromatic nitrogens is 4. The second-order valence-corrected chi connectivity index (χ2v) is 7.67. The van der Waals surface area contributed by atoms with Crippen molar-refractivity contribution in [2.45, 2.75) is 6.92 Å². The Bertz CT molecular complexity index is 1380. The molecule has 0 radical (unpaired) electrons. The van der Waals surface area contributed by atoms with Crippen LogP contribution in [-0.2, 0) is 0 Å². The minimum absolute atomic E-state index is 0.294. The molecule has 2 aromatic heterocycles. The van der Waals surface area contributed by atoms with E-state index in [4.69, 9.17) is 16.6 Å². The molecule has 5 nitrogen and oxygen atoms in total. The van der Waals surface area contributed by atoms with Gasteiger partial charge in [0.05, 0.1) is 23.1 Å². The van der Waals surface area contributed by atoms with Crippen molar-refractivity contribution < 1.29 is 4.39 Å². The Morgan fingerprint density at radius 1 is 0.935 bits per heavy atom. The van der Waals surface area contributed by atoms with Gasteiger partial charge in [0.15, 0.2) is 0 Å². The lowest BCUT2D eigenvalue weighted by Gasteiger charge is -2.11. The third kappa shape index (κ3) is 3.98. The zero-order chi connectivity index (χ0) is 21.4. The largest absolute Gasteiger partial charge is 0.355 e. The number of nitrogens with zero attached hydrogens (tertiary/aromatic N) is 4. The van der Waals surface area contributed by atoms with E-state index in [0.717, 1.165) is 33.5 Å². The van der Waals surface area contributed by atoms with Crippen molar-refractivity contribution in [3.8, 4) is 17.1 Å². The second kappa shape index (κ2) is 7.81. The van der Waals surface area contributed by atoms with E-state index in [-0.39, 0.29) is 5.82 Å². The molecule has 2 heterocycles. The summed E-state index contributed by atoms with van der Waals surface area (Å²) in [7, 11) is 0. The number of nitrogens with one attached hydrogen (secondary N) is 1. The van der Waals surface area contributed by atoms with E-state index >= 15 is 0 Å². The highest BCUT2D eigenvalue weighted by Crippen LogP contribution is 2.29. The van der Waals surface area contributed by atoms with Crippen molar-refractivity contribution in [1.82, 2.24) is 20.0 Å². The van der Waals surface area contributed by atoms with Gasteiger partial charge in [-0.3, -0.25) is 0 Å². The van der Waals surface area contributed by atoms with Crippen molar-refractivity contribution >= 4 is 33.9 Å². The Hall–Kier alpha value is -3.77. The number of halogens is 2. The average Bonchev–Trinajstić information content (AvgIpc) is 3.24. The highest BCUT2D eigenvalue weighted by Gasteiger charge is 2.10. The van der Waals surface area contributed by atoms with Gasteiger partial charge < -0.3 is 5.32 Å². The first-order valence-electron chi connectivity index (χ1n) is 9.68. The minimum atomic E-state index is -0.294. The van der Waals surface area contributed by atoms with Gasteiger partial charge in [-0.15, -0.1) is 5.10 Å². The van der Waals surface area contributed by atoms with Gasteiger partial charge >= 0.3 is 0 Å². The van der Waals surface area contributed by atoms with Gasteiger partial charge in [-0.2, -0.15) is 0 Å². The van der Waals surface area contributed by atoms with E-state index in [2.05, 4.69) is 15.6 Å². The molecule has 3 aromatic carbocycles. The smallest absolute Gasteiger partial charge is 0.131 e. The third-order valence-corrected chi connectivity index (χ3v) is 5.12. The Morgan fingerprint density at radius 3 is 2.58 bits per heavy atom. The van der Waals surface area contributed by atoms with E-state index in [1.807, 2.05) is 55.5 Å². The van der Waals surface area contributed by atoms with Crippen molar-refractivity contribution in [1.29, 1.82) is 0 Å². The maximum Gasteiger partial charge on any atom is 0.131 e. The summed E-state index contributed by atoms with van der Waals surface area (Å²) in [4.78, 5) is 4.76. The first-order chi connectivity index (χ1) is 15.0. The van der Waals surface area contributed by atoms with Crippen LogP contribution in [0.2, 0.25) is 5.02 Å². The van der Waals surface area contributed by atoms with Gasteiger partial charge in [-0.25, -0.2) is 14.1 Å². The van der Waals surface area contributed by atoms with Crippen LogP contribution < -0.4 is 5.32 Å². The lowest BCUT2D eigenvalue weighted by molar-refractivity contribution is 0.626. The summed E-state index contributed by atoms with van der Waals surface area (Å²) in [5.41, 5.74) is 5.84.